The molecule has 0 unspecified atom stereocenters. The molecule has 0 bridgehead atoms. The van der Waals surface area contributed by atoms with Gasteiger partial charge in [0.15, 0.2) is 0 Å². The Hall–Kier alpha value is -2.22. The van der Waals surface area contributed by atoms with Gasteiger partial charge in [0.2, 0.25) is 0 Å². The lowest BCUT2D eigenvalue weighted by Crippen LogP contribution is -1.84. The van der Waals surface area contributed by atoms with E-state index in [4.69, 9.17) is 18.0 Å². The van der Waals surface area contributed by atoms with Crippen LogP contribution in [0.2, 0.25) is 5.02 Å². The van der Waals surface area contributed by atoms with Crippen LogP contribution < -0.4 is 0 Å². The fraction of sp³-hybridized carbons (Fsp3) is 0. The average Bonchev–Trinajstić information content (AvgIpc) is 2.93. The van der Waals surface area contributed by atoms with E-state index in [1.807, 2.05) is 36.4 Å². The van der Waals surface area contributed by atoms with Crippen LogP contribution in [0.1, 0.15) is 0 Å². The van der Waals surface area contributed by atoms with Gasteiger partial charge in [-0.15, -0.1) is 6.42 Å². The van der Waals surface area contributed by atoms with Crippen molar-refractivity contribution in [1.82, 2.24) is 15.2 Å². The van der Waals surface area contributed by atoms with E-state index < -0.39 is 0 Å². The van der Waals surface area contributed by atoms with Gasteiger partial charge in [0.1, 0.15) is 5.03 Å². The Morgan fingerprint density at radius 2 is 1.76 bits per heavy atom. The Morgan fingerprint density at radius 1 is 1.05 bits per heavy atom. The molecule has 3 aromatic rings. The topological polar surface area (TPSA) is 41.6 Å². The molecule has 0 radical (unpaired) electrons. The minimum atomic E-state index is 0.696. The molecule has 0 saturated heterocycles. The van der Waals surface area contributed by atoms with E-state index in [1.165, 1.54) is 11.8 Å². The quantitative estimate of drug-likeness (QED) is 0.573. The minimum Gasteiger partial charge on any atom is -0.276 e. The van der Waals surface area contributed by atoms with Gasteiger partial charge in [-0.2, -0.15) is 5.10 Å². The minimum absolute atomic E-state index is 0.696. The molecule has 0 fully saturated rings. The zero-order chi connectivity index (χ0) is 14.7. The van der Waals surface area contributed by atoms with E-state index >= 15 is 0 Å². The highest BCUT2D eigenvalue weighted by Crippen LogP contribution is 2.37. The van der Waals surface area contributed by atoms with Crippen LogP contribution in [0.3, 0.4) is 0 Å². The van der Waals surface area contributed by atoms with Crippen LogP contribution in [-0.2, 0) is 0 Å². The van der Waals surface area contributed by atoms with Gasteiger partial charge in [-0.25, -0.2) is 0 Å². The molecule has 0 amide bonds. The highest BCUT2D eigenvalue weighted by molar-refractivity contribution is 8.03. The van der Waals surface area contributed by atoms with Crippen LogP contribution in [0.15, 0.2) is 53.8 Å². The van der Waals surface area contributed by atoms with E-state index in [1.54, 1.807) is 12.4 Å². The van der Waals surface area contributed by atoms with Crippen LogP contribution >= 0.6 is 23.4 Å². The number of hydrogen-bond acceptors (Lipinski definition) is 3. The number of hydrogen-bond donors (Lipinski definition) is 1. The maximum absolute atomic E-state index is 5.95. The predicted octanol–water partition coefficient (Wildman–Crippen LogP) is 4.47. The number of nitrogens with zero attached hydrogens (tertiary/aromatic N) is 2. The third-order valence-corrected chi connectivity index (χ3v) is 3.85. The number of terminal acetylenes is 1. The molecule has 2 heterocycles. The lowest BCUT2D eigenvalue weighted by molar-refractivity contribution is 1.01. The van der Waals surface area contributed by atoms with Crippen molar-refractivity contribution >= 4 is 23.4 Å². The number of rotatable bonds is 3. The number of H-pyrrole nitrogens is 1. The fourth-order valence-electron chi connectivity index (χ4n) is 2.07. The Balaban J connectivity index is 2.18. The molecule has 0 aliphatic heterocycles. The zero-order valence-corrected chi connectivity index (χ0v) is 12.4. The second kappa shape index (κ2) is 6.04. The average molecular weight is 312 g/mol. The first-order valence-corrected chi connectivity index (χ1v) is 7.36. The number of pyridine rings is 1. The highest BCUT2D eigenvalue weighted by Gasteiger charge is 2.16. The number of thioether (sulfide) groups is 1. The molecular formula is C16H10ClN3S. The summed E-state index contributed by atoms with van der Waals surface area (Å²) >= 11 is 7.20. The number of nitrogens with one attached hydrogen (secondary N) is 1. The van der Waals surface area contributed by atoms with Crippen LogP contribution in [0.5, 0.6) is 0 Å². The largest absolute Gasteiger partial charge is 0.276 e. The normalized spacial score (nSPS) is 10.3. The van der Waals surface area contributed by atoms with Crippen LogP contribution in [0.25, 0.3) is 22.4 Å². The molecule has 2 aromatic heterocycles. The third-order valence-electron chi connectivity index (χ3n) is 2.99. The Morgan fingerprint density at radius 3 is 2.43 bits per heavy atom. The van der Waals surface area contributed by atoms with Crippen molar-refractivity contribution in [3.8, 4) is 34.1 Å². The lowest BCUT2D eigenvalue weighted by Gasteiger charge is -2.05. The summed E-state index contributed by atoms with van der Waals surface area (Å²) in [5, 5.41) is 11.4. The summed E-state index contributed by atoms with van der Waals surface area (Å²) in [7, 11) is 0. The zero-order valence-electron chi connectivity index (χ0n) is 10.9. The van der Waals surface area contributed by atoms with Gasteiger partial charge in [-0.1, -0.05) is 23.7 Å². The van der Waals surface area contributed by atoms with Crippen molar-refractivity contribution in [3.05, 3.63) is 53.8 Å². The molecule has 1 N–H and O–H groups in total. The molecule has 3 rings (SSSR count). The van der Waals surface area contributed by atoms with Crippen LogP contribution in [0, 0.1) is 11.7 Å². The summed E-state index contributed by atoms with van der Waals surface area (Å²) in [6.07, 6.45) is 8.90. The summed E-state index contributed by atoms with van der Waals surface area (Å²) in [4.78, 5) is 4.05. The summed E-state index contributed by atoms with van der Waals surface area (Å²) in [5.74, 6) is 0. The Bertz CT molecular complexity index is 789. The highest BCUT2D eigenvalue weighted by atomic mass is 35.5. The molecule has 102 valence electrons. The second-order valence-electron chi connectivity index (χ2n) is 4.24. The summed E-state index contributed by atoms with van der Waals surface area (Å²) in [5.41, 5.74) is 3.90. The van der Waals surface area contributed by atoms with Crippen molar-refractivity contribution in [1.29, 1.82) is 0 Å². The number of aromatic amines is 1. The molecule has 1 aromatic carbocycles. The van der Waals surface area contributed by atoms with E-state index in [-0.39, 0.29) is 0 Å². The van der Waals surface area contributed by atoms with Crippen molar-refractivity contribution in [2.24, 2.45) is 0 Å². The van der Waals surface area contributed by atoms with Gasteiger partial charge in [0.25, 0.3) is 0 Å². The van der Waals surface area contributed by atoms with Crippen molar-refractivity contribution in [3.63, 3.8) is 0 Å². The lowest BCUT2D eigenvalue weighted by atomic mass is 10.0. The van der Waals surface area contributed by atoms with E-state index in [2.05, 4.69) is 20.4 Å². The number of aromatic nitrogens is 3. The van der Waals surface area contributed by atoms with Gasteiger partial charge < -0.3 is 0 Å². The number of halogens is 1. The Labute approximate surface area is 131 Å². The maximum Gasteiger partial charge on any atom is 0.139 e. The summed E-state index contributed by atoms with van der Waals surface area (Å²) in [6, 6.07) is 11.5. The number of benzene rings is 1. The third kappa shape index (κ3) is 2.80. The van der Waals surface area contributed by atoms with Gasteiger partial charge in [0.05, 0.1) is 5.69 Å². The molecule has 3 nitrogen and oxygen atoms in total. The van der Waals surface area contributed by atoms with Gasteiger partial charge >= 0.3 is 0 Å². The summed E-state index contributed by atoms with van der Waals surface area (Å²) in [6.45, 7) is 0. The molecule has 5 heteroatoms. The van der Waals surface area contributed by atoms with Crippen molar-refractivity contribution in [2.75, 3.05) is 0 Å². The molecule has 0 atom stereocenters. The predicted molar refractivity (Wildman–Crippen MR) is 87.0 cm³/mol. The second-order valence-corrected chi connectivity index (χ2v) is 5.50. The smallest absolute Gasteiger partial charge is 0.139 e. The van der Waals surface area contributed by atoms with Crippen LogP contribution in [0.4, 0.5) is 0 Å². The van der Waals surface area contributed by atoms with Gasteiger partial charge in [0, 0.05) is 28.5 Å². The fourth-order valence-corrected chi connectivity index (χ4v) is 2.72. The van der Waals surface area contributed by atoms with Crippen molar-refractivity contribution in [2.45, 2.75) is 5.03 Å². The van der Waals surface area contributed by atoms with Gasteiger partial charge in [-0.3, -0.25) is 10.1 Å². The molecule has 0 spiro atoms. The summed E-state index contributed by atoms with van der Waals surface area (Å²) < 4.78 is 0. The molecule has 21 heavy (non-hydrogen) atoms. The van der Waals surface area contributed by atoms with Crippen LogP contribution in [-0.4, -0.2) is 15.2 Å². The SMILES string of the molecule is C#CSc1n[nH]c(-c2ccc(Cl)cc2)c1-c1ccncc1. The van der Waals surface area contributed by atoms with Gasteiger partial charge in [-0.05, 0) is 46.8 Å². The monoisotopic (exact) mass is 311 g/mol. The van der Waals surface area contributed by atoms with E-state index in [0.717, 1.165) is 27.4 Å². The first kappa shape index (κ1) is 13.7. The molecule has 0 aliphatic carbocycles. The first-order chi connectivity index (χ1) is 10.3. The maximum atomic E-state index is 5.95. The van der Waals surface area contributed by atoms with E-state index in [0.29, 0.717) is 5.02 Å². The van der Waals surface area contributed by atoms with Crippen molar-refractivity contribution < 1.29 is 0 Å². The molecule has 0 saturated carbocycles. The van der Waals surface area contributed by atoms with E-state index in [9.17, 15) is 0 Å². The Kier molecular flexibility index (Phi) is 3.96. The standard InChI is InChI=1S/C16H10ClN3S/c1-2-21-16-14(11-7-9-18-10-8-11)15(19-20-16)12-3-5-13(17)6-4-12/h1,3-10H,(H,19,20). The molecule has 0 aliphatic rings. The first-order valence-electron chi connectivity index (χ1n) is 6.16. The molecular weight excluding hydrogens is 302 g/mol.